The van der Waals surface area contributed by atoms with Crippen molar-refractivity contribution in [2.24, 2.45) is 5.14 Å². The number of amides is 1. The number of carbonyl (C=O) groups is 1. The number of anilines is 1. The summed E-state index contributed by atoms with van der Waals surface area (Å²) in [6.45, 7) is 4.61. The summed E-state index contributed by atoms with van der Waals surface area (Å²) >= 11 is 0. The van der Waals surface area contributed by atoms with Gasteiger partial charge < -0.3 is 5.32 Å². The molecule has 2 aromatic carbocycles. The highest BCUT2D eigenvalue weighted by Crippen LogP contribution is 2.18. The van der Waals surface area contributed by atoms with E-state index in [1.165, 1.54) is 52.8 Å². The molecule has 0 aromatic heterocycles. The molecule has 0 aliphatic heterocycles. The second-order valence-electron chi connectivity index (χ2n) is 6.40. The largest absolute Gasteiger partial charge is 0.322 e. The fourth-order valence-electron chi connectivity index (χ4n) is 2.64. The smallest absolute Gasteiger partial charge is 0.255 e. The van der Waals surface area contributed by atoms with Gasteiger partial charge in [0.2, 0.25) is 20.0 Å². The van der Waals surface area contributed by atoms with Crippen LogP contribution >= 0.6 is 0 Å². The van der Waals surface area contributed by atoms with Gasteiger partial charge in [0, 0.05) is 24.3 Å². The summed E-state index contributed by atoms with van der Waals surface area (Å²) in [7, 11) is -7.42. The Morgan fingerprint density at radius 1 is 0.931 bits per heavy atom. The first-order valence-electron chi connectivity index (χ1n) is 9.14. The Morgan fingerprint density at radius 3 is 1.97 bits per heavy atom. The molecule has 0 atom stereocenters. The second kappa shape index (κ2) is 9.49. The van der Waals surface area contributed by atoms with Gasteiger partial charge in [0.1, 0.15) is 0 Å². The number of hydrogen-bond donors (Lipinski definition) is 2. The number of primary sulfonamides is 1. The summed E-state index contributed by atoms with van der Waals surface area (Å²) in [5.41, 5.74) is 0.659. The lowest BCUT2D eigenvalue weighted by atomic mass is 10.2. The minimum Gasteiger partial charge on any atom is -0.322 e. The van der Waals surface area contributed by atoms with E-state index in [-0.39, 0.29) is 15.4 Å². The first-order chi connectivity index (χ1) is 13.6. The number of sulfonamides is 2. The van der Waals surface area contributed by atoms with Crippen LogP contribution in [-0.2, 0) is 20.0 Å². The van der Waals surface area contributed by atoms with Crippen LogP contribution in [0.1, 0.15) is 37.0 Å². The first kappa shape index (κ1) is 23.0. The lowest BCUT2D eigenvalue weighted by Gasteiger charge is -2.20. The van der Waals surface area contributed by atoms with E-state index in [2.05, 4.69) is 5.32 Å². The molecular weight excluding hydrogens is 414 g/mol. The van der Waals surface area contributed by atoms with E-state index in [9.17, 15) is 21.6 Å². The molecule has 3 N–H and O–H groups in total. The number of nitrogens with zero attached hydrogens (tertiary/aromatic N) is 1. The molecule has 2 rings (SSSR count). The molecule has 0 saturated heterocycles. The first-order valence-corrected chi connectivity index (χ1v) is 12.1. The highest BCUT2D eigenvalue weighted by molar-refractivity contribution is 7.89. The Bertz CT molecular complexity index is 1050. The van der Waals surface area contributed by atoms with Crippen LogP contribution in [0.15, 0.2) is 58.3 Å². The molecule has 158 valence electrons. The fourth-order valence-corrected chi connectivity index (χ4v) is 4.64. The predicted molar refractivity (Wildman–Crippen MR) is 112 cm³/mol. The molecule has 0 unspecified atom stereocenters. The molecule has 0 bridgehead atoms. The molecular formula is C19H25N3O5S2. The molecule has 0 aliphatic rings. The van der Waals surface area contributed by atoms with Crippen molar-refractivity contribution >= 4 is 31.6 Å². The van der Waals surface area contributed by atoms with Crippen LogP contribution in [0.4, 0.5) is 5.69 Å². The number of rotatable bonds is 9. The van der Waals surface area contributed by atoms with Gasteiger partial charge in [0.25, 0.3) is 5.91 Å². The third-order valence-electron chi connectivity index (χ3n) is 4.31. The lowest BCUT2D eigenvalue weighted by molar-refractivity contribution is 0.102. The fraction of sp³-hybridized carbons (Fsp3) is 0.316. The van der Waals surface area contributed by atoms with Gasteiger partial charge >= 0.3 is 0 Å². The van der Waals surface area contributed by atoms with E-state index in [0.717, 1.165) is 12.8 Å². The van der Waals surface area contributed by atoms with Crippen LogP contribution in [0.25, 0.3) is 0 Å². The van der Waals surface area contributed by atoms with Crippen molar-refractivity contribution < 1.29 is 21.6 Å². The summed E-state index contributed by atoms with van der Waals surface area (Å²) in [6, 6.07) is 11.1. The summed E-state index contributed by atoms with van der Waals surface area (Å²) in [5.74, 6) is -0.448. The average Bonchev–Trinajstić information content (AvgIpc) is 2.68. The molecule has 10 heteroatoms. The zero-order chi connectivity index (χ0) is 21.7. The number of benzene rings is 2. The minimum absolute atomic E-state index is 0.0615. The van der Waals surface area contributed by atoms with Gasteiger partial charge in [0.05, 0.1) is 9.79 Å². The standard InChI is InChI=1S/C19H25N3O5S2/c1-3-5-14-22(4-2)29(26,27)18-10-6-15(7-11-18)19(23)21-16-8-12-17(13-9-16)28(20,24)25/h6-13H,3-5,14H2,1-2H3,(H,21,23)(H2,20,24,25). The SMILES string of the molecule is CCCCN(CC)S(=O)(=O)c1ccc(C(=O)Nc2ccc(S(N)(=O)=O)cc2)cc1. The third kappa shape index (κ3) is 5.86. The molecule has 29 heavy (non-hydrogen) atoms. The van der Waals surface area contributed by atoms with Gasteiger partial charge in [-0.3, -0.25) is 4.79 Å². The van der Waals surface area contributed by atoms with Crippen LogP contribution in [0, 0.1) is 0 Å². The number of unbranched alkanes of at least 4 members (excludes halogenated alkanes) is 1. The monoisotopic (exact) mass is 439 g/mol. The Morgan fingerprint density at radius 2 is 1.48 bits per heavy atom. The Balaban J connectivity index is 2.14. The highest BCUT2D eigenvalue weighted by Gasteiger charge is 2.22. The van der Waals surface area contributed by atoms with Gasteiger partial charge in [-0.1, -0.05) is 20.3 Å². The maximum Gasteiger partial charge on any atom is 0.255 e. The molecule has 0 saturated carbocycles. The molecule has 1 amide bonds. The van der Waals surface area contributed by atoms with Crippen molar-refractivity contribution in [2.75, 3.05) is 18.4 Å². The normalized spacial score (nSPS) is 12.1. The van der Waals surface area contributed by atoms with Crippen molar-refractivity contribution in [1.29, 1.82) is 0 Å². The van der Waals surface area contributed by atoms with Crippen LogP contribution in [0.3, 0.4) is 0 Å². The van der Waals surface area contributed by atoms with Gasteiger partial charge in [-0.15, -0.1) is 0 Å². The number of hydrogen-bond acceptors (Lipinski definition) is 5. The van der Waals surface area contributed by atoms with Crippen molar-refractivity contribution in [3.05, 3.63) is 54.1 Å². The van der Waals surface area contributed by atoms with Crippen molar-refractivity contribution in [3.63, 3.8) is 0 Å². The predicted octanol–water partition coefficient (Wildman–Crippen LogP) is 2.40. The highest BCUT2D eigenvalue weighted by atomic mass is 32.2. The summed E-state index contributed by atoms with van der Waals surface area (Å²) in [5, 5.41) is 7.66. The van der Waals surface area contributed by atoms with E-state index >= 15 is 0 Å². The quantitative estimate of drug-likeness (QED) is 0.620. The third-order valence-corrected chi connectivity index (χ3v) is 7.23. The van der Waals surface area contributed by atoms with Gasteiger partial charge in [-0.2, -0.15) is 4.31 Å². The zero-order valence-electron chi connectivity index (χ0n) is 16.3. The molecule has 2 aromatic rings. The van der Waals surface area contributed by atoms with Gasteiger partial charge in [0.15, 0.2) is 0 Å². The number of carbonyl (C=O) groups excluding carboxylic acids is 1. The summed E-state index contributed by atoms with van der Waals surface area (Å²) in [4.78, 5) is 12.4. The van der Waals surface area contributed by atoms with E-state index in [1.807, 2.05) is 6.92 Å². The van der Waals surface area contributed by atoms with E-state index in [0.29, 0.717) is 18.8 Å². The van der Waals surface area contributed by atoms with Crippen LogP contribution < -0.4 is 10.5 Å². The number of nitrogens with two attached hydrogens (primary N) is 1. The maximum absolute atomic E-state index is 12.7. The molecule has 0 radical (unpaired) electrons. The molecule has 0 spiro atoms. The van der Waals surface area contributed by atoms with Crippen molar-refractivity contribution in [1.82, 2.24) is 4.31 Å². The molecule has 0 fully saturated rings. The van der Waals surface area contributed by atoms with Crippen LogP contribution in [0.5, 0.6) is 0 Å². The van der Waals surface area contributed by atoms with Crippen LogP contribution in [-0.4, -0.2) is 40.1 Å². The zero-order valence-corrected chi connectivity index (χ0v) is 18.0. The summed E-state index contributed by atoms with van der Waals surface area (Å²) in [6.07, 6.45) is 1.67. The van der Waals surface area contributed by atoms with Gasteiger partial charge in [-0.25, -0.2) is 22.0 Å². The average molecular weight is 440 g/mol. The molecule has 0 heterocycles. The van der Waals surface area contributed by atoms with Crippen LogP contribution in [0.2, 0.25) is 0 Å². The number of nitrogens with one attached hydrogen (secondary N) is 1. The maximum atomic E-state index is 12.7. The van der Waals surface area contributed by atoms with E-state index < -0.39 is 26.0 Å². The Hall–Kier alpha value is -2.27. The topological polar surface area (TPSA) is 127 Å². The van der Waals surface area contributed by atoms with Gasteiger partial charge in [-0.05, 0) is 55.0 Å². The van der Waals surface area contributed by atoms with E-state index in [1.54, 1.807) is 6.92 Å². The Kier molecular flexibility index (Phi) is 7.53. The minimum atomic E-state index is -3.81. The molecule has 0 aliphatic carbocycles. The Labute approximate surface area is 171 Å². The van der Waals surface area contributed by atoms with E-state index in [4.69, 9.17) is 5.14 Å². The lowest BCUT2D eigenvalue weighted by Crippen LogP contribution is -2.31. The van der Waals surface area contributed by atoms with Crippen molar-refractivity contribution in [3.8, 4) is 0 Å². The second-order valence-corrected chi connectivity index (χ2v) is 9.90. The molecule has 8 nitrogen and oxygen atoms in total. The van der Waals surface area contributed by atoms with Crippen molar-refractivity contribution in [2.45, 2.75) is 36.5 Å². The summed E-state index contributed by atoms with van der Waals surface area (Å²) < 4.78 is 49.4.